The van der Waals surface area contributed by atoms with Crippen LogP contribution in [0.25, 0.3) is 49.3 Å². The molecule has 11 aromatic rings. The van der Waals surface area contributed by atoms with Gasteiger partial charge in [0.2, 0.25) is 0 Å². The number of aromatic nitrogens is 2. The predicted molar refractivity (Wildman–Crippen MR) is 284 cm³/mol. The van der Waals surface area contributed by atoms with E-state index in [4.69, 9.17) is 4.74 Å². The Morgan fingerprint density at radius 2 is 1.01 bits per heavy atom. The van der Waals surface area contributed by atoms with Crippen LogP contribution in [-0.2, 0) is 7.05 Å². The number of anilines is 6. The molecule has 0 saturated heterocycles. The summed E-state index contributed by atoms with van der Waals surface area (Å²) in [4.78, 5) is 4.93. The van der Waals surface area contributed by atoms with Crippen molar-refractivity contribution in [1.29, 1.82) is 0 Å². The van der Waals surface area contributed by atoms with Crippen LogP contribution in [0.3, 0.4) is 0 Å². The summed E-state index contributed by atoms with van der Waals surface area (Å²) in [5.74, 6) is 1.75. The van der Waals surface area contributed by atoms with Gasteiger partial charge in [-0.2, -0.15) is 0 Å². The third-order valence-electron chi connectivity index (χ3n) is 14.5. The van der Waals surface area contributed by atoms with E-state index in [2.05, 4.69) is 237 Å². The molecule has 0 spiro atoms. The molecule has 9 aromatic carbocycles. The van der Waals surface area contributed by atoms with Gasteiger partial charge in [0, 0.05) is 62.9 Å². The average molecular weight is 865 g/mol. The topological polar surface area (TPSA) is 25.6 Å². The van der Waals surface area contributed by atoms with Crippen LogP contribution in [0, 0.1) is 41.5 Å². The largest absolute Gasteiger partial charge is 0.458 e. The molecule has 322 valence electrons. The summed E-state index contributed by atoms with van der Waals surface area (Å²) in [7, 11) is 2.25. The first-order chi connectivity index (χ1) is 32.6. The highest BCUT2D eigenvalue weighted by atomic mass is 16.5. The summed E-state index contributed by atoms with van der Waals surface area (Å²) in [6, 6.07) is 63.6. The molecular weight excluding hydrogens is 816 g/mol. The molecule has 0 saturated carbocycles. The highest BCUT2D eigenvalue weighted by molar-refractivity contribution is 6.99. The number of benzene rings is 9. The summed E-state index contributed by atoms with van der Waals surface area (Å²) in [6.07, 6.45) is 0. The Morgan fingerprint density at radius 3 is 1.66 bits per heavy atom. The van der Waals surface area contributed by atoms with Crippen molar-refractivity contribution in [2.45, 2.75) is 41.5 Å². The third-order valence-corrected chi connectivity index (χ3v) is 14.5. The Labute approximate surface area is 391 Å². The van der Waals surface area contributed by atoms with Gasteiger partial charge in [-0.1, -0.05) is 112 Å². The summed E-state index contributed by atoms with van der Waals surface area (Å²) in [5, 5.41) is 4.99. The van der Waals surface area contributed by atoms with E-state index in [1.807, 2.05) is 0 Å². The van der Waals surface area contributed by atoms with Gasteiger partial charge in [-0.3, -0.25) is 0 Å². The molecule has 0 bridgehead atoms. The Kier molecular flexibility index (Phi) is 8.54. The average Bonchev–Trinajstić information content (AvgIpc) is 3.81. The first kappa shape index (κ1) is 39.4. The minimum absolute atomic E-state index is 0.133. The minimum atomic E-state index is -0.133. The highest BCUT2D eigenvalue weighted by Crippen LogP contribution is 2.50. The number of hydrogen-bond acceptors (Lipinski definition) is 3. The van der Waals surface area contributed by atoms with Gasteiger partial charge >= 0.3 is 0 Å². The Balaban J connectivity index is 1.20. The van der Waals surface area contributed by atoms with Gasteiger partial charge in [0.25, 0.3) is 6.71 Å². The number of aryl methyl sites for hydroxylation is 7. The van der Waals surface area contributed by atoms with Crippen molar-refractivity contribution < 1.29 is 4.74 Å². The molecular formula is C61H49BN4O. The number of ether oxygens (including phenoxy) is 1. The van der Waals surface area contributed by atoms with Crippen LogP contribution >= 0.6 is 0 Å². The molecule has 0 atom stereocenters. The molecule has 0 radical (unpaired) electrons. The fraction of sp³-hybridized carbons (Fsp3) is 0.115. The standard InChI is InChI=1S/C61H49BN4O/c1-36-12-21-42(22-13-36)64(43-23-14-37(2)15-24-43)45-33-54-59-57(34-45)67-56-29-20-41(6)32-49(56)62(59)50-35-55(66-52-27-18-39(4)30-47(52)48-31-40(5)19-28-53(48)66)61-58(46-10-8-9-11-51(46)63(61)7)60(50)65(54)44-25-16-38(3)17-26-44/h8-35H,1-7H3. The second-order valence-electron chi connectivity index (χ2n) is 19.1. The lowest BCUT2D eigenvalue weighted by Gasteiger charge is -2.42. The third kappa shape index (κ3) is 5.88. The molecule has 0 aliphatic carbocycles. The fourth-order valence-corrected chi connectivity index (χ4v) is 11.3. The van der Waals surface area contributed by atoms with Crippen molar-refractivity contribution in [1.82, 2.24) is 9.13 Å². The van der Waals surface area contributed by atoms with E-state index in [9.17, 15) is 0 Å². The molecule has 2 aliphatic heterocycles. The number of nitrogens with zero attached hydrogens (tertiary/aromatic N) is 4. The second kappa shape index (κ2) is 14.5. The summed E-state index contributed by atoms with van der Waals surface area (Å²) >= 11 is 0. The number of rotatable bonds is 5. The Bertz CT molecular complexity index is 3760. The van der Waals surface area contributed by atoms with Crippen molar-refractivity contribution in [2.24, 2.45) is 7.05 Å². The SMILES string of the molecule is Cc1ccc(N(c2ccc(C)cc2)c2cc3c4c(c2)N(c2ccc(C)cc2)c2c(cc(-n5c6ccc(C)cc6c6cc(C)ccc65)c5c2c2ccccc2n5C)B4c2cc(C)ccc2O3)cc1. The maximum Gasteiger partial charge on any atom is 0.256 e. The zero-order valence-electron chi connectivity index (χ0n) is 38.9. The Morgan fingerprint density at radius 1 is 0.448 bits per heavy atom. The van der Waals surface area contributed by atoms with Gasteiger partial charge in [-0.05, 0) is 143 Å². The van der Waals surface area contributed by atoms with Crippen LogP contribution in [0.5, 0.6) is 11.5 Å². The highest BCUT2D eigenvalue weighted by Gasteiger charge is 2.44. The number of para-hydroxylation sites is 1. The zero-order chi connectivity index (χ0) is 45.4. The molecule has 0 N–H and O–H groups in total. The van der Waals surface area contributed by atoms with E-state index >= 15 is 0 Å². The van der Waals surface area contributed by atoms with Crippen molar-refractivity contribution in [3.63, 3.8) is 0 Å². The first-order valence-electron chi connectivity index (χ1n) is 23.4. The van der Waals surface area contributed by atoms with Crippen molar-refractivity contribution in [3.8, 4) is 17.2 Å². The molecule has 67 heavy (non-hydrogen) atoms. The predicted octanol–water partition coefficient (Wildman–Crippen LogP) is 14.2. The summed E-state index contributed by atoms with van der Waals surface area (Å²) in [6.45, 7) is 12.9. The maximum absolute atomic E-state index is 7.24. The van der Waals surface area contributed by atoms with Gasteiger partial charge in [-0.15, -0.1) is 0 Å². The maximum atomic E-state index is 7.24. The zero-order valence-corrected chi connectivity index (χ0v) is 38.9. The first-order valence-corrected chi connectivity index (χ1v) is 23.4. The smallest absolute Gasteiger partial charge is 0.256 e. The molecule has 0 amide bonds. The van der Waals surface area contributed by atoms with Crippen molar-refractivity contribution in [2.75, 3.05) is 9.80 Å². The fourth-order valence-electron chi connectivity index (χ4n) is 11.3. The van der Waals surface area contributed by atoms with Crippen LogP contribution in [0.2, 0.25) is 0 Å². The van der Waals surface area contributed by atoms with E-state index in [-0.39, 0.29) is 6.71 Å². The second-order valence-corrected chi connectivity index (χ2v) is 19.1. The molecule has 6 heteroatoms. The summed E-state index contributed by atoms with van der Waals surface area (Å²) in [5.41, 5.74) is 23.5. The van der Waals surface area contributed by atoms with Crippen LogP contribution < -0.4 is 30.9 Å². The number of hydrogen-bond donors (Lipinski definition) is 0. The normalized spacial score (nSPS) is 12.8. The van der Waals surface area contributed by atoms with E-state index in [0.717, 1.165) is 45.6 Å². The van der Waals surface area contributed by atoms with E-state index in [1.165, 1.54) is 99.1 Å². The minimum Gasteiger partial charge on any atom is -0.458 e. The van der Waals surface area contributed by atoms with Crippen LogP contribution in [0.15, 0.2) is 170 Å². The van der Waals surface area contributed by atoms with Crippen LogP contribution in [0.4, 0.5) is 34.1 Å². The van der Waals surface area contributed by atoms with Crippen molar-refractivity contribution >= 4 is 101 Å². The van der Waals surface area contributed by atoms with E-state index in [0.29, 0.717) is 0 Å². The lowest BCUT2D eigenvalue weighted by atomic mass is 9.34. The van der Waals surface area contributed by atoms with Gasteiger partial charge < -0.3 is 23.7 Å². The van der Waals surface area contributed by atoms with Crippen LogP contribution in [0.1, 0.15) is 33.4 Å². The molecule has 4 heterocycles. The molecule has 5 nitrogen and oxygen atoms in total. The quantitative estimate of drug-likeness (QED) is 0.161. The molecule has 13 rings (SSSR count). The molecule has 0 fully saturated rings. The van der Waals surface area contributed by atoms with Crippen LogP contribution in [-0.4, -0.2) is 15.8 Å². The Hall–Kier alpha value is -7.96. The van der Waals surface area contributed by atoms with Gasteiger partial charge in [-0.25, -0.2) is 0 Å². The lowest BCUT2D eigenvalue weighted by molar-refractivity contribution is 0.487. The number of fused-ring (bicyclic) bond motifs is 11. The van der Waals surface area contributed by atoms with E-state index in [1.54, 1.807) is 0 Å². The molecule has 0 unspecified atom stereocenters. The van der Waals surface area contributed by atoms with Gasteiger partial charge in [0.15, 0.2) is 0 Å². The van der Waals surface area contributed by atoms with E-state index < -0.39 is 0 Å². The van der Waals surface area contributed by atoms with Gasteiger partial charge in [0.1, 0.15) is 11.5 Å². The van der Waals surface area contributed by atoms with Crippen molar-refractivity contribution in [3.05, 3.63) is 203 Å². The lowest BCUT2D eigenvalue weighted by Crippen LogP contribution is -2.59. The monoisotopic (exact) mass is 864 g/mol. The molecule has 2 aromatic heterocycles. The summed E-state index contributed by atoms with van der Waals surface area (Å²) < 4.78 is 12.2. The van der Waals surface area contributed by atoms with Gasteiger partial charge in [0.05, 0.1) is 33.6 Å². The molecule has 2 aliphatic rings.